The Morgan fingerprint density at radius 3 is 1.09 bits per heavy atom. The topological polar surface area (TPSA) is 413 Å². The molecule has 0 spiro atoms. The number of ether oxygens (including phenoxy) is 1. The number of aromatic nitrogens is 16. The molecule has 0 radical (unpaired) electrons. The zero-order valence-electron chi connectivity index (χ0n) is 61.2. The van der Waals surface area contributed by atoms with Gasteiger partial charge in [-0.15, -0.1) is 0 Å². The Morgan fingerprint density at radius 2 is 0.739 bits per heavy atom. The Morgan fingerprint density at radius 1 is 0.417 bits per heavy atom. The van der Waals surface area contributed by atoms with E-state index in [4.69, 9.17) is 10.5 Å². The van der Waals surface area contributed by atoms with Gasteiger partial charge in [-0.1, -0.05) is 48.5 Å². The Kier molecular flexibility index (Phi) is 22.6. The van der Waals surface area contributed by atoms with Crippen molar-refractivity contribution >= 4 is 96.4 Å². The zero-order valence-corrected chi connectivity index (χ0v) is 61.2. The first-order chi connectivity index (χ1) is 55.2. The van der Waals surface area contributed by atoms with Crippen molar-refractivity contribution < 1.29 is 63.8 Å². The summed E-state index contributed by atoms with van der Waals surface area (Å²) in [4.78, 5) is 93.4. The number of rotatable bonds is 18. The fraction of sp³-hybridized carbons (Fsp3) is 0.115. The minimum atomic E-state index is -0.981. The Hall–Kier alpha value is -15.0. The van der Waals surface area contributed by atoms with Gasteiger partial charge in [0.2, 0.25) is 5.91 Å². The van der Waals surface area contributed by atoms with Gasteiger partial charge in [-0.3, -0.25) is 44.4 Å². The van der Waals surface area contributed by atoms with Gasteiger partial charge in [0.25, 0.3) is 23.6 Å². The summed E-state index contributed by atoms with van der Waals surface area (Å²) in [5.74, 6) is -9.67. The van der Waals surface area contributed by atoms with Crippen LogP contribution >= 0.6 is 0 Å². The van der Waals surface area contributed by atoms with Crippen LogP contribution in [0.2, 0.25) is 0 Å². The van der Waals surface area contributed by atoms with Gasteiger partial charge in [0, 0.05) is 30.3 Å². The number of nitrogens with two attached hydrogens (primary N) is 1. The Balaban J connectivity index is 0.000000134. The van der Waals surface area contributed by atoms with Gasteiger partial charge in [-0.05, 0) is 137 Å². The van der Waals surface area contributed by atoms with Gasteiger partial charge in [0.05, 0.1) is 98.8 Å². The van der Waals surface area contributed by atoms with Crippen molar-refractivity contribution in [3.8, 4) is 51.8 Å². The number of fused-ring (bicyclic) bond motifs is 4. The fourth-order valence-electron chi connectivity index (χ4n) is 11.8. The van der Waals surface area contributed by atoms with E-state index in [0.29, 0.717) is 87.0 Å². The average molecular weight is 1570 g/mol. The zero-order chi connectivity index (χ0) is 81.5. The number of amides is 5. The molecule has 0 unspecified atom stereocenters. The number of hydrogen-bond donors (Lipinski definition) is 14. The molecule has 0 saturated heterocycles. The van der Waals surface area contributed by atoms with Crippen molar-refractivity contribution in [3.05, 3.63) is 256 Å². The molecule has 0 fully saturated rings. The molecule has 8 heterocycles. The summed E-state index contributed by atoms with van der Waals surface area (Å²) < 4.78 is 116. The highest BCUT2D eigenvalue weighted by Crippen LogP contribution is 2.34. The van der Waals surface area contributed by atoms with E-state index in [1.807, 2.05) is 55.4 Å². The van der Waals surface area contributed by atoms with E-state index in [1.165, 1.54) is 61.2 Å². The van der Waals surface area contributed by atoms with Gasteiger partial charge in [0.15, 0.2) is 23.3 Å². The molecule has 16 aromatic rings. The molecule has 0 aliphatic carbocycles. The molecule has 0 bridgehead atoms. The third kappa shape index (κ3) is 17.5. The van der Waals surface area contributed by atoms with Gasteiger partial charge in [-0.2, -0.15) is 20.4 Å². The molecule has 29 nitrogen and oxygen atoms in total. The van der Waals surface area contributed by atoms with Crippen LogP contribution in [0.4, 0.5) is 57.9 Å². The second kappa shape index (κ2) is 33.3. The standard InChI is InChI=1S/C22H22F2N6O.C20H18F2N6O.C18H12F2N6O2.C18H13F2N5O2/c1-22(2,3)25-10-12-6-4-9-15-18(12)29-20(27-15)19-16(11-26-30-19)28-21(31)17-13(23)7-5-8-14(17)24;1-28(2)10-11-5-3-8-14-17(11)26-19(24-14)18-15(9-23-27-18)25-20(29)16-12(21)6-4-7-13(16)22;19-9-2-1-3-10(20)14(9)18(28)25-13-7-22-26-15(13)17-23-11-5-4-8(16(21)27)6-12(11)24-17;1-27-9-5-6-12-13(7-9)23-17(22-12)16-14(8-21-25-16)24-18(26)15-10(19)3-2-4-11(15)20/h4-9,11,25H,10H2,1-3H3,(H,26,30)(H,27,29)(H,28,31);3-9H,10H2,1-2H3,(H,23,27)(H,24,26)(H,25,29);1-7H,(H2,21,27)(H,22,26)(H,23,24)(H,25,28);2-8H,1H3,(H,21,25)(H,22,23)(H,24,26). The number of aromatic amines is 8. The van der Waals surface area contributed by atoms with Crippen LogP contribution in [0.25, 0.3) is 90.2 Å². The van der Waals surface area contributed by atoms with Gasteiger partial charge in [0.1, 0.15) is 97.3 Å². The summed E-state index contributed by atoms with van der Waals surface area (Å²) >= 11 is 0. The minimum absolute atomic E-state index is 0.0515. The number of carbonyl (C=O) groups is 5. The number of primary amides is 1. The molecule has 0 aliphatic heterocycles. The number of H-pyrrole nitrogens is 8. The predicted octanol–water partition coefficient (Wildman–Crippen LogP) is 14.0. The summed E-state index contributed by atoms with van der Waals surface area (Å²) in [6.07, 6.45) is 5.34. The number of hydrogen-bond acceptors (Lipinski definition) is 16. The minimum Gasteiger partial charge on any atom is -0.497 e. The number of imidazole rings is 4. The van der Waals surface area contributed by atoms with E-state index < -0.39 is 98.3 Å². The molecule has 115 heavy (non-hydrogen) atoms. The second-order valence-electron chi connectivity index (χ2n) is 26.6. The van der Waals surface area contributed by atoms with E-state index in [0.717, 1.165) is 87.2 Å². The number of carbonyl (C=O) groups excluding carboxylic acids is 5. The second-order valence-corrected chi connectivity index (χ2v) is 26.6. The van der Waals surface area contributed by atoms with E-state index >= 15 is 0 Å². The van der Waals surface area contributed by atoms with Crippen molar-refractivity contribution in [2.45, 2.75) is 39.4 Å². The van der Waals surface area contributed by atoms with Gasteiger partial charge < -0.3 is 61.9 Å². The number of nitrogens with one attached hydrogen (secondary N) is 13. The average Bonchev–Trinajstić information content (AvgIpc) is 1.66. The number of nitrogens with zero attached hydrogens (tertiary/aromatic N) is 9. The molecular formula is C78H65F8N23O6. The van der Waals surface area contributed by atoms with Crippen LogP contribution in [-0.2, 0) is 13.1 Å². The smallest absolute Gasteiger partial charge is 0.261 e. The van der Waals surface area contributed by atoms with E-state index in [2.05, 4.69) is 128 Å². The summed E-state index contributed by atoms with van der Waals surface area (Å²) in [5.41, 5.74) is 12.9. The lowest BCUT2D eigenvalue weighted by Crippen LogP contribution is -2.35. The number of halogens is 8. The quantitative estimate of drug-likeness (QED) is 0.0355. The maximum absolute atomic E-state index is 13.9. The largest absolute Gasteiger partial charge is 0.497 e. The fourth-order valence-corrected chi connectivity index (χ4v) is 11.8. The number of para-hydroxylation sites is 2. The molecule has 0 saturated carbocycles. The van der Waals surface area contributed by atoms with Crippen molar-refractivity contribution in [3.63, 3.8) is 0 Å². The van der Waals surface area contributed by atoms with E-state index in [-0.39, 0.29) is 28.3 Å². The third-order valence-corrected chi connectivity index (χ3v) is 17.2. The van der Waals surface area contributed by atoms with Crippen LogP contribution in [0, 0.1) is 46.5 Å². The first kappa shape index (κ1) is 78.1. The monoisotopic (exact) mass is 1570 g/mol. The lowest BCUT2D eigenvalue weighted by molar-refractivity contribution is 0.0994. The molecule has 0 aliphatic rings. The Labute approximate surface area is 643 Å². The highest BCUT2D eigenvalue weighted by molar-refractivity contribution is 6.09. The molecule has 37 heteroatoms. The summed E-state index contributed by atoms with van der Waals surface area (Å²) in [6, 6.07) is 34.5. The number of methoxy groups -OCH3 is 1. The molecule has 16 rings (SSSR count). The first-order valence-electron chi connectivity index (χ1n) is 34.5. The van der Waals surface area contributed by atoms with Gasteiger partial charge >= 0.3 is 0 Å². The molecule has 0 atom stereocenters. The van der Waals surface area contributed by atoms with Crippen LogP contribution in [0.5, 0.6) is 5.75 Å². The van der Waals surface area contributed by atoms with Crippen LogP contribution < -0.4 is 37.1 Å². The molecular weight excluding hydrogens is 1510 g/mol. The molecule has 8 aromatic carbocycles. The third-order valence-electron chi connectivity index (χ3n) is 17.2. The highest BCUT2D eigenvalue weighted by atomic mass is 19.2. The SMILES string of the molecule is CC(C)(C)NCc1cccc2[nH]c(-c3[nH]ncc3NC(=O)c3c(F)cccc3F)nc12.CN(C)Cc1cccc2[nH]c(-c3[nH]ncc3NC(=O)c3c(F)cccc3F)nc12.COc1ccc2nc(-c3[nH]ncc3NC(=O)c3c(F)cccc3F)[nH]c2c1.NC(=O)c1ccc2nc(-c3[nH]ncc3NC(=O)c3c(F)cccc3F)[nH]c2c1. The van der Waals surface area contributed by atoms with Crippen molar-refractivity contribution in [1.82, 2.24) is 90.9 Å². The van der Waals surface area contributed by atoms with Crippen LogP contribution in [0.15, 0.2) is 170 Å². The van der Waals surface area contributed by atoms with E-state index in [1.54, 1.807) is 31.4 Å². The molecule has 8 aromatic heterocycles. The maximum Gasteiger partial charge on any atom is 0.261 e. The molecule has 15 N–H and O–H groups in total. The highest BCUT2D eigenvalue weighted by Gasteiger charge is 2.27. The van der Waals surface area contributed by atoms with E-state index in [9.17, 15) is 59.1 Å². The molecule has 584 valence electrons. The van der Waals surface area contributed by atoms with Crippen LogP contribution in [0.1, 0.15) is 83.7 Å². The summed E-state index contributed by atoms with van der Waals surface area (Å²) in [6.45, 7) is 7.59. The molecule has 5 amide bonds. The predicted molar refractivity (Wildman–Crippen MR) is 411 cm³/mol. The van der Waals surface area contributed by atoms with Crippen molar-refractivity contribution in [1.29, 1.82) is 0 Å². The van der Waals surface area contributed by atoms with Crippen LogP contribution in [-0.4, -0.2) is 142 Å². The maximum atomic E-state index is 13.9. The summed E-state index contributed by atoms with van der Waals surface area (Å²) in [5, 5.41) is 39.9. The lowest BCUT2D eigenvalue weighted by atomic mass is 10.1. The Bertz CT molecular complexity index is 6270. The summed E-state index contributed by atoms with van der Waals surface area (Å²) in [7, 11) is 5.50. The van der Waals surface area contributed by atoms with Crippen LogP contribution in [0.3, 0.4) is 0 Å². The van der Waals surface area contributed by atoms with Crippen molar-refractivity contribution in [2.24, 2.45) is 5.73 Å². The number of benzene rings is 8. The lowest BCUT2D eigenvalue weighted by Gasteiger charge is -2.20. The normalized spacial score (nSPS) is 11.3. The van der Waals surface area contributed by atoms with Gasteiger partial charge in [-0.25, -0.2) is 55.1 Å². The first-order valence-corrected chi connectivity index (χ1v) is 34.5. The van der Waals surface area contributed by atoms with Crippen molar-refractivity contribution in [2.75, 3.05) is 42.5 Å². The number of anilines is 4.